The van der Waals surface area contributed by atoms with Gasteiger partial charge >= 0.3 is 6.01 Å². The van der Waals surface area contributed by atoms with Gasteiger partial charge in [0.2, 0.25) is 5.91 Å². The number of rotatable bonds is 6. The average molecular weight is 402 g/mol. The van der Waals surface area contributed by atoms with Crippen molar-refractivity contribution in [2.75, 3.05) is 13.1 Å². The summed E-state index contributed by atoms with van der Waals surface area (Å²) < 4.78 is 5.91. The fourth-order valence-electron chi connectivity index (χ4n) is 3.31. The molecule has 0 spiro atoms. The van der Waals surface area contributed by atoms with Crippen LogP contribution >= 0.6 is 11.6 Å². The predicted molar refractivity (Wildman–Crippen MR) is 107 cm³/mol. The molecule has 28 heavy (non-hydrogen) atoms. The van der Waals surface area contributed by atoms with Crippen molar-refractivity contribution in [3.63, 3.8) is 0 Å². The number of benzene rings is 1. The van der Waals surface area contributed by atoms with Crippen LogP contribution in [0.25, 0.3) is 0 Å². The maximum Gasteiger partial charge on any atom is 0.317 e. The van der Waals surface area contributed by atoms with Crippen LogP contribution in [0.5, 0.6) is 6.01 Å². The highest BCUT2D eigenvalue weighted by molar-refractivity contribution is 6.30. The number of aryl methyl sites for hydroxylation is 2. The molecule has 0 saturated carbocycles. The number of hydrogen-bond acceptors (Lipinski definition) is 5. The molecule has 1 unspecified atom stereocenters. The highest BCUT2D eigenvalue weighted by Gasteiger charge is 2.26. The quantitative estimate of drug-likeness (QED) is 0.689. The molecule has 1 aliphatic heterocycles. The average Bonchev–Trinajstić information content (AvgIpc) is 2.66. The first-order chi connectivity index (χ1) is 13.4. The lowest BCUT2D eigenvalue weighted by Gasteiger charge is -2.32. The van der Waals surface area contributed by atoms with Gasteiger partial charge in [-0.25, -0.2) is 9.97 Å². The summed E-state index contributed by atoms with van der Waals surface area (Å²) >= 11 is 5.84. The Bertz CT molecular complexity index is 834. The third-order valence-corrected chi connectivity index (χ3v) is 4.95. The van der Waals surface area contributed by atoms with Crippen LogP contribution < -0.4 is 4.74 Å². The van der Waals surface area contributed by atoms with Crippen LogP contribution in [0.2, 0.25) is 5.02 Å². The maximum atomic E-state index is 12.6. The van der Waals surface area contributed by atoms with Gasteiger partial charge in [-0.15, -0.1) is 0 Å². The number of ketones is 1. The van der Waals surface area contributed by atoms with Crippen molar-refractivity contribution in [2.24, 2.45) is 0 Å². The molecule has 1 amide bonds. The maximum absolute atomic E-state index is 12.6. The van der Waals surface area contributed by atoms with E-state index in [9.17, 15) is 9.59 Å². The lowest BCUT2D eigenvalue weighted by atomic mass is 10.0. The third-order valence-electron chi connectivity index (χ3n) is 4.70. The number of hydrogen-bond donors (Lipinski definition) is 0. The van der Waals surface area contributed by atoms with Gasteiger partial charge < -0.3 is 9.64 Å². The molecular formula is C21H24ClN3O3. The number of ether oxygens (including phenoxy) is 1. The first kappa shape index (κ1) is 20.3. The Balaban J connectivity index is 1.52. The van der Waals surface area contributed by atoms with Crippen LogP contribution in [0, 0.1) is 13.8 Å². The van der Waals surface area contributed by atoms with E-state index >= 15 is 0 Å². The van der Waals surface area contributed by atoms with Crippen molar-refractivity contribution in [3.8, 4) is 6.01 Å². The van der Waals surface area contributed by atoms with E-state index in [1.165, 1.54) is 0 Å². The predicted octanol–water partition coefficient (Wildman–Crippen LogP) is 3.78. The molecule has 1 aromatic heterocycles. The van der Waals surface area contributed by atoms with Gasteiger partial charge in [0, 0.05) is 41.4 Å². The van der Waals surface area contributed by atoms with Gasteiger partial charge in [-0.1, -0.05) is 11.6 Å². The van der Waals surface area contributed by atoms with Gasteiger partial charge in [-0.2, -0.15) is 0 Å². The van der Waals surface area contributed by atoms with Gasteiger partial charge in [0.05, 0.1) is 6.54 Å². The molecule has 1 fully saturated rings. The van der Waals surface area contributed by atoms with Crippen LogP contribution in [0.1, 0.15) is 47.4 Å². The molecule has 2 aromatic rings. The number of carbonyl (C=O) groups is 2. The van der Waals surface area contributed by atoms with E-state index in [1.54, 1.807) is 29.2 Å². The smallest absolute Gasteiger partial charge is 0.317 e. The first-order valence-electron chi connectivity index (χ1n) is 9.46. The molecule has 1 aromatic carbocycles. The van der Waals surface area contributed by atoms with E-state index < -0.39 is 0 Å². The molecule has 2 heterocycles. The largest absolute Gasteiger partial charge is 0.458 e. The highest BCUT2D eigenvalue weighted by Crippen LogP contribution is 2.18. The Labute approximate surface area is 169 Å². The number of halogens is 1. The minimum Gasteiger partial charge on any atom is -0.458 e. The summed E-state index contributed by atoms with van der Waals surface area (Å²) in [6, 6.07) is 8.97. The number of aromatic nitrogens is 2. The summed E-state index contributed by atoms with van der Waals surface area (Å²) in [6.07, 6.45) is 1.94. The molecule has 0 bridgehead atoms. The molecule has 0 N–H and O–H groups in total. The van der Waals surface area contributed by atoms with E-state index in [4.69, 9.17) is 16.3 Å². The monoisotopic (exact) mass is 401 g/mol. The summed E-state index contributed by atoms with van der Waals surface area (Å²) in [5.74, 6) is -0.0876. The second-order valence-corrected chi connectivity index (χ2v) is 7.52. The Morgan fingerprint density at radius 1 is 1.14 bits per heavy atom. The van der Waals surface area contributed by atoms with Crippen molar-refractivity contribution in [2.45, 2.75) is 45.6 Å². The highest BCUT2D eigenvalue weighted by atomic mass is 35.5. The number of likely N-dealkylation sites (tertiary alicyclic amines) is 1. The van der Waals surface area contributed by atoms with Crippen LogP contribution in [0.4, 0.5) is 0 Å². The van der Waals surface area contributed by atoms with Crippen molar-refractivity contribution < 1.29 is 14.3 Å². The number of Topliss-reactive ketones (excluding diaryl/α,β-unsaturated/α-hetero) is 1. The number of amides is 1. The van der Waals surface area contributed by atoms with Crippen LogP contribution in [-0.4, -0.2) is 45.8 Å². The normalized spacial score (nSPS) is 16.7. The van der Waals surface area contributed by atoms with Gasteiger partial charge in [-0.3, -0.25) is 9.59 Å². The number of nitrogens with zero attached hydrogens (tertiary/aromatic N) is 3. The Morgan fingerprint density at radius 3 is 2.50 bits per heavy atom. The molecule has 6 nitrogen and oxygen atoms in total. The molecule has 148 valence electrons. The summed E-state index contributed by atoms with van der Waals surface area (Å²) in [6.45, 7) is 4.97. The molecule has 1 aliphatic rings. The van der Waals surface area contributed by atoms with Crippen molar-refractivity contribution in [1.29, 1.82) is 0 Å². The molecule has 0 radical (unpaired) electrons. The topological polar surface area (TPSA) is 72.4 Å². The molecular weight excluding hydrogens is 378 g/mol. The van der Waals surface area contributed by atoms with E-state index in [2.05, 4.69) is 9.97 Å². The van der Waals surface area contributed by atoms with Gasteiger partial charge in [0.1, 0.15) is 6.10 Å². The van der Waals surface area contributed by atoms with E-state index in [0.717, 1.165) is 24.2 Å². The van der Waals surface area contributed by atoms with Crippen molar-refractivity contribution >= 4 is 23.3 Å². The zero-order valence-electron chi connectivity index (χ0n) is 16.2. The van der Waals surface area contributed by atoms with Gasteiger partial charge in [0.15, 0.2) is 5.78 Å². The molecule has 3 rings (SSSR count). The molecule has 1 saturated heterocycles. The number of carbonyl (C=O) groups excluding carboxylic acids is 2. The molecule has 0 aliphatic carbocycles. The van der Waals surface area contributed by atoms with Gasteiger partial charge in [0.25, 0.3) is 0 Å². The number of piperidine rings is 1. The summed E-state index contributed by atoms with van der Waals surface area (Å²) in [5.41, 5.74) is 2.28. The second-order valence-electron chi connectivity index (χ2n) is 7.09. The fourth-order valence-corrected chi connectivity index (χ4v) is 3.44. The zero-order valence-corrected chi connectivity index (χ0v) is 16.9. The summed E-state index contributed by atoms with van der Waals surface area (Å²) in [7, 11) is 0. The minimum atomic E-state index is -0.133. The Kier molecular flexibility index (Phi) is 6.62. The Morgan fingerprint density at radius 2 is 1.82 bits per heavy atom. The molecule has 1 atom stereocenters. The second kappa shape index (κ2) is 9.15. The van der Waals surface area contributed by atoms with E-state index in [-0.39, 0.29) is 30.6 Å². The summed E-state index contributed by atoms with van der Waals surface area (Å²) in [4.78, 5) is 35.2. The minimum absolute atomic E-state index is 0.0306. The van der Waals surface area contributed by atoms with E-state index in [1.807, 2.05) is 19.9 Å². The molecule has 7 heteroatoms. The summed E-state index contributed by atoms with van der Waals surface area (Å²) in [5, 5.41) is 0.583. The first-order valence-corrected chi connectivity index (χ1v) is 9.84. The SMILES string of the molecule is Cc1cc(C)nc(OC2CCCN(C(=O)CCC(=O)c3ccc(Cl)cc3)C2)n1. The third kappa shape index (κ3) is 5.52. The van der Waals surface area contributed by atoms with Crippen LogP contribution in [0.3, 0.4) is 0 Å². The van der Waals surface area contributed by atoms with Gasteiger partial charge in [-0.05, 0) is 57.0 Å². The van der Waals surface area contributed by atoms with Crippen molar-refractivity contribution in [3.05, 3.63) is 52.3 Å². The van der Waals surface area contributed by atoms with Crippen LogP contribution in [-0.2, 0) is 4.79 Å². The van der Waals surface area contributed by atoms with E-state index in [0.29, 0.717) is 29.7 Å². The lowest BCUT2D eigenvalue weighted by Crippen LogP contribution is -2.44. The zero-order chi connectivity index (χ0) is 20.1. The Hall–Kier alpha value is -2.47. The lowest BCUT2D eigenvalue weighted by molar-refractivity contribution is -0.133. The van der Waals surface area contributed by atoms with Crippen molar-refractivity contribution in [1.82, 2.24) is 14.9 Å². The fraction of sp³-hybridized carbons (Fsp3) is 0.429. The van der Waals surface area contributed by atoms with Crippen LogP contribution in [0.15, 0.2) is 30.3 Å². The standard InChI is InChI=1S/C21H24ClN3O3/c1-14-12-15(2)24-21(23-14)28-18-4-3-11-25(13-18)20(27)10-9-19(26)16-5-7-17(22)8-6-16/h5-8,12,18H,3-4,9-11,13H2,1-2H3.